The molecule has 0 atom stereocenters. The molecular weight excluding hydrogens is 422 g/mol. The minimum atomic E-state index is -0.0860. The predicted octanol–water partition coefficient (Wildman–Crippen LogP) is 4.71. The lowest BCUT2D eigenvalue weighted by molar-refractivity contribution is -0.116. The highest BCUT2D eigenvalue weighted by atomic mass is 32.2. The molecule has 0 N–H and O–H groups in total. The van der Waals surface area contributed by atoms with Crippen molar-refractivity contribution in [2.45, 2.75) is 38.9 Å². The molecule has 0 aliphatic rings. The number of carbonyl (C=O) groups is 1. The van der Waals surface area contributed by atoms with Crippen molar-refractivity contribution in [2.24, 2.45) is 0 Å². The van der Waals surface area contributed by atoms with Gasteiger partial charge in [-0.1, -0.05) is 35.5 Å². The Kier molecular flexibility index (Phi) is 8.28. The van der Waals surface area contributed by atoms with Gasteiger partial charge in [0.1, 0.15) is 5.75 Å². The summed E-state index contributed by atoms with van der Waals surface area (Å²) in [6.07, 6.45) is 0.256. The first-order valence-electron chi connectivity index (χ1n) is 10.6. The average Bonchev–Trinajstić information content (AvgIpc) is 3.22. The third-order valence-corrected chi connectivity index (χ3v) is 5.79. The van der Waals surface area contributed by atoms with Crippen LogP contribution in [0.1, 0.15) is 25.8 Å². The quantitative estimate of drug-likeness (QED) is 0.417. The molecule has 0 saturated heterocycles. The molecule has 1 heterocycles. The van der Waals surface area contributed by atoms with Gasteiger partial charge in [-0.3, -0.25) is 4.79 Å². The summed E-state index contributed by atoms with van der Waals surface area (Å²) in [4.78, 5) is 14.7. The molecule has 0 spiro atoms. The highest BCUT2D eigenvalue weighted by molar-refractivity contribution is 7.99. The third kappa shape index (κ3) is 5.68. The molecule has 166 valence electrons. The highest BCUT2D eigenvalue weighted by Gasteiger charge is 2.19. The molecule has 1 amide bonds. The Morgan fingerprint density at radius 3 is 2.62 bits per heavy atom. The van der Waals surface area contributed by atoms with Gasteiger partial charge in [0, 0.05) is 24.3 Å². The van der Waals surface area contributed by atoms with Crippen molar-refractivity contribution in [3.8, 4) is 23.2 Å². The Hall–Kier alpha value is -3.31. The number of amides is 1. The number of aryl methyl sites for hydroxylation is 1. The molecule has 0 aliphatic carbocycles. The maximum atomic E-state index is 13.1. The Morgan fingerprint density at radius 1 is 1.19 bits per heavy atom. The summed E-state index contributed by atoms with van der Waals surface area (Å²) in [5, 5.41) is 18.4. The van der Waals surface area contributed by atoms with Crippen molar-refractivity contribution in [2.75, 3.05) is 23.8 Å². The van der Waals surface area contributed by atoms with Crippen LogP contribution in [0.4, 0.5) is 5.69 Å². The van der Waals surface area contributed by atoms with E-state index in [-0.39, 0.29) is 18.1 Å². The van der Waals surface area contributed by atoms with Gasteiger partial charge in [0.15, 0.2) is 11.0 Å². The minimum absolute atomic E-state index is 0.0860. The van der Waals surface area contributed by atoms with Gasteiger partial charge in [0.05, 0.1) is 24.8 Å². The molecule has 3 aromatic rings. The number of anilines is 1. The number of hydrogen-bond acceptors (Lipinski definition) is 6. The number of nitrogens with zero attached hydrogens (tertiary/aromatic N) is 5. The molecule has 0 fully saturated rings. The standard InChI is InChI=1S/C24H27N5O2S/c1-4-28-23(19-9-6-8-18(3)16-19)26-27-24(28)32-17-22(30)29(15-7-14-25)20-10-12-21(13-11-20)31-5-2/h6,8-13,16H,4-5,7,15,17H2,1-3H3. The molecule has 32 heavy (non-hydrogen) atoms. The van der Waals surface area contributed by atoms with E-state index in [4.69, 9.17) is 10.00 Å². The van der Waals surface area contributed by atoms with E-state index in [9.17, 15) is 4.79 Å². The number of benzene rings is 2. The summed E-state index contributed by atoms with van der Waals surface area (Å²) in [6, 6.07) is 17.6. The second kappa shape index (κ2) is 11.3. The van der Waals surface area contributed by atoms with Crippen LogP contribution in [0.25, 0.3) is 11.4 Å². The lowest BCUT2D eigenvalue weighted by Crippen LogP contribution is -2.33. The van der Waals surface area contributed by atoms with Gasteiger partial charge in [-0.05, 0) is 51.1 Å². The largest absolute Gasteiger partial charge is 0.494 e. The Bertz CT molecular complexity index is 1090. The van der Waals surface area contributed by atoms with Crippen LogP contribution in [0.3, 0.4) is 0 Å². The molecule has 0 aliphatic heterocycles. The number of thioether (sulfide) groups is 1. The van der Waals surface area contributed by atoms with Crippen molar-refractivity contribution >= 4 is 23.4 Å². The number of nitriles is 1. The Labute approximate surface area is 193 Å². The SMILES string of the molecule is CCOc1ccc(N(CCC#N)C(=O)CSc2nnc(-c3cccc(C)c3)n2CC)cc1. The molecule has 0 radical (unpaired) electrons. The van der Waals surface area contributed by atoms with Crippen molar-refractivity contribution < 1.29 is 9.53 Å². The molecular formula is C24H27N5O2S. The minimum Gasteiger partial charge on any atom is -0.494 e. The first kappa shape index (κ1) is 23.4. The zero-order valence-corrected chi connectivity index (χ0v) is 19.4. The van der Waals surface area contributed by atoms with Gasteiger partial charge in [0.2, 0.25) is 5.91 Å². The summed E-state index contributed by atoms with van der Waals surface area (Å²) in [7, 11) is 0. The molecule has 3 rings (SSSR count). The maximum Gasteiger partial charge on any atom is 0.237 e. The van der Waals surface area contributed by atoms with Gasteiger partial charge in [-0.2, -0.15) is 5.26 Å². The van der Waals surface area contributed by atoms with E-state index >= 15 is 0 Å². The zero-order chi connectivity index (χ0) is 22.9. The molecule has 0 bridgehead atoms. The van der Waals surface area contributed by atoms with Crippen molar-refractivity contribution in [3.63, 3.8) is 0 Å². The van der Waals surface area contributed by atoms with Crippen LogP contribution in [0.5, 0.6) is 5.75 Å². The van der Waals surface area contributed by atoms with Crippen molar-refractivity contribution in [1.29, 1.82) is 5.26 Å². The van der Waals surface area contributed by atoms with E-state index in [1.165, 1.54) is 11.8 Å². The Balaban J connectivity index is 1.75. The number of hydrogen-bond donors (Lipinski definition) is 0. The summed E-state index contributed by atoms with van der Waals surface area (Å²) in [5.74, 6) is 1.65. The second-order valence-electron chi connectivity index (χ2n) is 7.09. The molecule has 0 saturated carbocycles. The number of ether oxygens (including phenoxy) is 1. The molecule has 0 unspecified atom stereocenters. The van der Waals surface area contributed by atoms with Crippen LogP contribution < -0.4 is 9.64 Å². The van der Waals surface area contributed by atoms with E-state index in [1.54, 1.807) is 4.90 Å². The number of carbonyl (C=O) groups excluding carboxylic acids is 1. The molecule has 8 heteroatoms. The van der Waals surface area contributed by atoms with Crippen molar-refractivity contribution in [1.82, 2.24) is 14.8 Å². The van der Waals surface area contributed by atoms with Gasteiger partial charge in [-0.25, -0.2) is 0 Å². The summed E-state index contributed by atoms with van der Waals surface area (Å²) in [5.41, 5.74) is 2.90. The average molecular weight is 450 g/mol. The lowest BCUT2D eigenvalue weighted by atomic mass is 10.1. The second-order valence-corrected chi connectivity index (χ2v) is 8.03. The van der Waals surface area contributed by atoms with E-state index in [0.29, 0.717) is 24.9 Å². The summed E-state index contributed by atoms with van der Waals surface area (Å²) < 4.78 is 7.50. The lowest BCUT2D eigenvalue weighted by Gasteiger charge is -2.22. The number of rotatable bonds is 10. The van der Waals surface area contributed by atoms with Crippen molar-refractivity contribution in [3.05, 3.63) is 54.1 Å². The molecule has 1 aromatic heterocycles. The van der Waals surface area contributed by atoms with E-state index in [0.717, 1.165) is 28.4 Å². The fourth-order valence-electron chi connectivity index (χ4n) is 3.33. The van der Waals surface area contributed by atoms with Crippen LogP contribution in [0.2, 0.25) is 0 Å². The highest BCUT2D eigenvalue weighted by Crippen LogP contribution is 2.26. The number of aromatic nitrogens is 3. The van der Waals surface area contributed by atoms with Crippen LogP contribution in [0, 0.1) is 18.3 Å². The maximum absolute atomic E-state index is 13.1. The fourth-order valence-corrected chi connectivity index (χ4v) is 4.21. The molecule has 7 nitrogen and oxygen atoms in total. The summed E-state index contributed by atoms with van der Waals surface area (Å²) >= 11 is 1.36. The van der Waals surface area contributed by atoms with Crippen LogP contribution in [0.15, 0.2) is 53.7 Å². The fraction of sp³-hybridized carbons (Fsp3) is 0.333. The van der Waals surface area contributed by atoms with Crippen LogP contribution >= 0.6 is 11.8 Å². The van der Waals surface area contributed by atoms with Gasteiger partial charge in [0.25, 0.3) is 0 Å². The monoisotopic (exact) mass is 449 g/mol. The van der Waals surface area contributed by atoms with E-state index in [2.05, 4.69) is 22.3 Å². The van der Waals surface area contributed by atoms with E-state index < -0.39 is 0 Å². The first-order valence-corrected chi connectivity index (χ1v) is 11.6. The van der Waals surface area contributed by atoms with E-state index in [1.807, 2.05) is 67.8 Å². The topological polar surface area (TPSA) is 84.0 Å². The Morgan fingerprint density at radius 2 is 1.97 bits per heavy atom. The van der Waals surface area contributed by atoms with Gasteiger partial charge >= 0.3 is 0 Å². The predicted molar refractivity (Wildman–Crippen MR) is 127 cm³/mol. The summed E-state index contributed by atoms with van der Waals surface area (Å²) in [6.45, 7) is 7.61. The van der Waals surface area contributed by atoms with Gasteiger partial charge in [-0.15, -0.1) is 10.2 Å². The third-order valence-electron chi connectivity index (χ3n) is 4.84. The van der Waals surface area contributed by atoms with Crippen LogP contribution in [-0.2, 0) is 11.3 Å². The zero-order valence-electron chi connectivity index (χ0n) is 18.6. The smallest absolute Gasteiger partial charge is 0.237 e. The molecule has 2 aromatic carbocycles. The first-order chi connectivity index (χ1) is 15.6. The van der Waals surface area contributed by atoms with Gasteiger partial charge < -0.3 is 14.2 Å². The normalized spacial score (nSPS) is 10.6. The van der Waals surface area contributed by atoms with Crippen LogP contribution in [-0.4, -0.2) is 39.6 Å².